The van der Waals surface area contributed by atoms with Crippen molar-refractivity contribution in [3.8, 4) is 28.1 Å². The number of alkyl halides is 2. The lowest BCUT2D eigenvalue weighted by molar-refractivity contribution is -0.0498. The Hall–Kier alpha value is -3.32. The molecule has 4 aromatic rings. The number of benzene rings is 2. The number of fused-ring (bicyclic) bond motifs is 1. The Morgan fingerprint density at radius 1 is 0.964 bits per heavy atom. The smallest absolute Gasteiger partial charge is 0.387 e. The van der Waals surface area contributed by atoms with Crippen molar-refractivity contribution in [2.75, 3.05) is 5.73 Å². The molecule has 0 atom stereocenters. The number of hydrogen-bond acceptors (Lipinski definition) is 5. The second-order valence-electron chi connectivity index (χ2n) is 5.91. The minimum absolute atomic E-state index is 0.00200. The maximum Gasteiger partial charge on any atom is 0.387 e. The highest BCUT2D eigenvalue weighted by Gasteiger charge is 2.15. The van der Waals surface area contributed by atoms with Gasteiger partial charge in [0.1, 0.15) is 17.9 Å². The molecule has 0 amide bonds. The van der Waals surface area contributed by atoms with Crippen LogP contribution in [0.5, 0.6) is 5.75 Å². The van der Waals surface area contributed by atoms with Gasteiger partial charge in [0, 0.05) is 22.7 Å². The first-order chi connectivity index (χ1) is 13.5. The molecule has 0 bridgehead atoms. The molecule has 140 valence electrons. The summed E-state index contributed by atoms with van der Waals surface area (Å²) >= 11 is 6.32. The van der Waals surface area contributed by atoms with Gasteiger partial charge in [0.2, 0.25) is 0 Å². The number of rotatable bonds is 4. The number of halogens is 3. The number of nitrogen functional groups attached to an aromatic ring is 1. The van der Waals surface area contributed by atoms with E-state index in [0.717, 1.165) is 11.1 Å². The van der Waals surface area contributed by atoms with Crippen molar-refractivity contribution >= 4 is 28.3 Å². The normalized spacial score (nSPS) is 11.1. The number of aromatic nitrogens is 3. The first-order valence-corrected chi connectivity index (χ1v) is 8.61. The first kappa shape index (κ1) is 18.1. The Balaban J connectivity index is 1.88. The monoisotopic (exact) mass is 398 g/mol. The van der Waals surface area contributed by atoms with Crippen LogP contribution in [0.15, 0.2) is 61.1 Å². The van der Waals surface area contributed by atoms with Crippen LogP contribution in [0.2, 0.25) is 5.02 Å². The fourth-order valence-corrected chi connectivity index (χ4v) is 3.17. The average molecular weight is 399 g/mol. The lowest BCUT2D eigenvalue weighted by atomic mass is 9.98. The van der Waals surface area contributed by atoms with Crippen molar-refractivity contribution in [1.29, 1.82) is 0 Å². The molecule has 2 N–H and O–H groups in total. The van der Waals surface area contributed by atoms with Gasteiger partial charge in [-0.2, -0.15) is 8.78 Å². The fourth-order valence-electron chi connectivity index (χ4n) is 2.96. The molecule has 0 fully saturated rings. The van der Waals surface area contributed by atoms with Gasteiger partial charge in [0.25, 0.3) is 0 Å². The quantitative estimate of drug-likeness (QED) is 0.511. The van der Waals surface area contributed by atoms with E-state index in [4.69, 9.17) is 17.3 Å². The largest absolute Gasteiger partial charge is 0.435 e. The molecule has 0 radical (unpaired) electrons. The SMILES string of the molecule is Nc1ncnc2ccc(-c3cccnc3-c3cc(OC(F)F)ccc3Cl)cc12. The first-order valence-electron chi connectivity index (χ1n) is 8.23. The Morgan fingerprint density at radius 3 is 2.64 bits per heavy atom. The number of pyridine rings is 1. The predicted octanol–water partition coefficient (Wildman–Crippen LogP) is 5.20. The molecule has 2 heterocycles. The molecule has 5 nitrogen and oxygen atoms in total. The van der Waals surface area contributed by atoms with E-state index in [1.807, 2.05) is 24.3 Å². The number of hydrogen-bond donors (Lipinski definition) is 1. The highest BCUT2D eigenvalue weighted by Crippen LogP contribution is 2.37. The van der Waals surface area contributed by atoms with E-state index in [2.05, 4.69) is 19.7 Å². The van der Waals surface area contributed by atoms with Gasteiger partial charge in [-0.3, -0.25) is 4.98 Å². The number of nitrogens with two attached hydrogens (primary N) is 1. The summed E-state index contributed by atoms with van der Waals surface area (Å²) < 4.78 is 29.7. The van der Waals surface area contributed by atoms with Crippen LogP contribution in [0, 0.1) is 0 Å². The van der Waals surface area contributed by atoms with E-state index in [1.54, 1.807) is 12.3 Å². The van der Waals surface area contributed by atoms with Crippen molar-refractivity contribution in [3.05, 3.63) is 66.1 Å². The Kier molecular flexibility index (Phi) is 4.75. The summed E-state index contributed by atoms with van der Waals surface area (Å²) in [4.78, 5) is 12.6. The molecule has 2 aromatic heterocycles. The van der Waals surface area contributed by atoms with Crippen LogP contribution in [-0.2, 0) is 0 Å². The van der Waals surface area contributed by atoms with Gasteiger partial charge in [-0.1, -0.05) is 23.7 Å². The molecule has 0 saturated heterocycles. The highest BCUT2D eigenvalue weighted by atomic mass is 35.5. The molecular weight excluding hydrogens is 386 g/mol. The van der Waals surface area contributed by atoms with Crippen LogP contribution >= 0.6 is 11.6 Å². The minimum Gasteiger partial charge on any atom is -0.435 e. The Labute approximate surface area is 163 Å². The lowest BCUT2D eigenvalue weighted by Gasteiger charge is -2.13. The lowest BCUT2D eigenvalue weighted by Crippen LogP contribution is -2.02. The van der Waals surface area contributed by atoms with Gasteiger partial charge in [0.15, 0.2) is 0 Å². The zero-order valence-corrected chi connectivity index (χ0v) is 15.1. The Morgan fingerprint density at radius 2 is 1.82 bits per heavy atom. The van der Waals surface area contributed by atoms with Gasteiger partial charge >= 0.3 is 6.61 Å². The summed E-state index contributed by atoms with van der Waals surface area (Å²) in [6.07, 6.45) is 3.01. The molecule has 28 heavy (non-hydrogen) atoms. The van der Waals surface area contributed by atoms with Crippen LogP contribution in [-0.4, -0.2) is 21.6 Å². The summed E-state index contributed by atoms with van der Waals surface area (Å²) in [5, 5.41) is 1.07. The minimum atomic E-state index is -2.93. The average Bonchev–Trinajstić information content (AvgIpc) is 2.69. The molecular formula is C20H13ClF2N4O. The van der Waals surface area contributed by atoms with Gasteiger partial charge in [-0.15, -0.1) is 0 Å². The van der Waals surface area contributed by atoms with Gasteiger partial charge in [0.05, 0.1) is 16.2 Å². The van der Waals surface area contributed by atoms with E-state index >= 15 is 0 Å². The van der Waals surface area contributed by atoms with Crippen LogP contribution in [0.25, 0.3) is 33.3 Å². The van der Waals surface area contributed by atoms with Crippen LogP contribution in [0.3, 0.4) is 0 Å². The molecule has 0 unspecified atom stereocenters. The number of nitrogens with zero attached hydrogens (tertiary/aromatic N) is 3. The third-order valence-electron chi connectivity index (χ3n) is 4.20. The molecule has 0 saturated carbocycles. The van der Waals surface area contributed by atoms with Gasteiger partial charge < -0.3 is 10.5 Å². The molecule has 0 spiro atoms. The number of anilines is 1. The molecule has 0 aliphatic rings. The summed E-state index contributed by atoms with van der Waals surface area (Å²) in [6.45, 7) is -2.93. The van der Waals surface area contributed by atoms with Crippen molar-refractivity contribution in [2.45, 2.75) is 6.61 Å². The maximum absolute atomic E-state index is 12.6. The summed E-state index contributed by atoms with van der Waals surface area (Å²) in [5.74, 6) is 0.366. The topological polar surface area (TPSA) is 73.9 Å². The molecule has 2 aromatic carbocycles. The van der Waals surface area contributed by atoms with E-state index in [1.165, 1.54) is 24.5 Å². The van der Waals surface area contributed by atoms with Crippen molar-refractivity contribution in [2.24, 2.45) is 0 Å². The van der Waals surface area contributed by atoms with E-state index in [9.17, 15) is 8.78 Å². The van der Waals surface area contributed by atoms with Crippen molar-refractivity contribution in [1.82, 2.24) is 15.0 Å². The summed E-state index contributed by atoms with van der Waals surface area (Å²) in [7, 11) is 0. The zero-order valence-electron chi connectivity index (χ0n) is 14.3. The van der Waals surface area contributed by atoms with Crippen molar-refractivity contribution in [3.63, 3.8) is 0 Å². The zero-order chi connectivity index (χ0) is 19.7. The third kappa shape index (κ3) is 3.44. The predicted molar refractivity (Wildman–Crippen MR) is 104 cm³/mol. The van der Waals surface area contributed by atoms with E-state index in [-0.39, 0.29) is 5.75 Å². The van der Waals surface area contributed by atoms with E-state index < -0.39 is 6.61 Å². The second-order valence-corrected chi connectivity index (χ2v) is 6.32. The second kappa shape index (κ2) is 7.36. The molecule has 0 aliphatic carbocycles. The van der Waals surface area contributed by atoms with Gasteiger partial charge in [-0.25, -0.2) is 9.97 Å². The van der Waals surface area contributed by atoms with Crippen molar-refractivity contribution < 1.29 is 13.5 Å². The van der Waals surface area contributed by atoms with Gasteiger partial charge in [-0.05, 0) is 42.0 Å². The fraction of sp³-hybridized carbons (Fsp3) is 0.0500. The molecule has 8 heteroatoms. The standard InChI is InChI=1S/C20H13ClF2N4O/c21-16-5-4-12(28-20(22)23)9-14(16)18-13(2-1-7-25-18)11-3-6-17-15(8-11)19(24)27-10-26-17/h1-10,20H,(H2,24,26,27). The van der Waals surface area contributed by atoms with E-state index in [0.29, 0.717) is 33.0 Å². The number of ether oxygens (including phenoxy) is 1. The summed E-state index contributed by atoms with van der Waals surface area (Å²) in [5.41, 5.74) is 9.26. The van der Waals surface area contributed by atoms with Crippen LogP contribution < -0.4 is 10.5 Å². The third-order valence-corrected chi connectivity index (χ3v) is 4.53. The summed E-state index contributed by atoms with van der Waals surface area (Å²) in [6, 6.07) is 13.5. The van der Waals surface area contributed by atoms with Crippen LogP contribution in [0.1, 0.15) is 0 Å². The Bertz CT molecular complexity index is 1170. The van der Waals surface area contributed by atoms with Crippen LogP contribution in [0.4, 0.5) is 14.6 Å². The molecule has 4 rings (SSSR count). The molecule has 0 aliphatic heterocycles. The highest BCUT2D eigenvalue weighted by molar-refractivity contribution is 6.33. The maximum atomic E-state index is 12.6.